The fraction of sp³-hybridized carbons (Fsp3) is 0.500. The highest BCUT2D eigenvalue weighted by atomic mass is 35.5. The molecule has 0 saturated carbocycles. The molecule has 4 nitrogen and oxygen atoms in total. The molecule has 0 heterocycles. The lowest BCUT2D eigenvalue weighted by molar-refractivity contribution is 0.579. The Labute approximate surface area is 124 Å². The van der Waals surface area contributed by atoms with Crippen molar-refractivity contribution in [3.63, 3.8) is 0 Å². The van der Waals surface area contributed by atoms with Crippen molar-refractivity contribution in [2.75, 3.05) is 12.8 Å². The van der Waals surface area contributed by atoms with Crippen LogP contribution in [0.25, 0.3) is 0 Å². The zero-order valence-electron chi connectivity index (χ0n) is 11.0. The molecule has 0 fully saturated rings. The van der Waals surface area contributed by atoms with E-state index in [-0.39, 0.29) is 11.4 Å². The van der Waals surface area contributed by atoms with Crippen LogP contribution in [0.5, 0.6) is 0 Å². The van der Waals surface area contributed by atoms with Crippen molar-refractivity contribution >= 4 is 33.4 Å². The molecule has 1 aromatic carbocycles. The summed E-state index contributed by atoms with van der Waals surface area (Å²) in [7, 11) is -3.49. The minimum absolute atomic E-state index is 0.203. The first-order valence-corrected chi connectivity index (χ1v) is 9.06. The molecule has 1 aromatic rings. The molecule has 1 rings (SSSR count). The third kappa shape index (κ3) is 4.96. The van der Waals surface area contributed by atoms with Crippen molar-refractivity contribution < 1.29 is 8.42 Å². The van der Waals surface area contributed by atoms with Crippen molar-refractivity contribution in [1.29, 1.82) is 0 Å². The van der Waals surface area contributed by atoms with Crippen molar-refractivity contribution in [2.45, 2.75) is 30.0 Å². The van der Waals surface area contributed by atoms with Gasteiger partial charge in [0.15, 0.2) is 0 Å². The van der Waals surface area contributed by atoms with E-state index in [0.717, 1.165) is 6.42 Å². The summed E-state index contributed by atoms with van der Waals surface area (Å²) < 4.78 is 26.7. The van der Waals surface area contributed by atoms with Crippen LogP contribution in [-0.2, 0) is 16.6 Å². The molecule has 108 valence electrons. The highest BCUT2D eigenvalue weighted by Crippen LogP contribution is 2.20. The molecular weight excluding hydrogens is 304 g/mol. The molecule has 0 aromatic heterocycles. The average molecular weight is 323 g/mol. The summed E-state index contributed by atoms with van der Waals surface area (Å²) in [6, 6.07) is 4.56. The van der Waals surface area contributed by atoms with Gasteiger partial charge in [-0.25, -0.2) is 13.1 Å². The maximum absolute atomic E-state index is 12.1. The largest absolute Gasteiger partial charge is 0.326 e. The molecule has 0 bridgehead atoms. The van der Waals surface area contributed by atoms with Crippen LogP contribution in [0.4, 0.5) is 0 Å². The van der Waals surface area contributed by atoms with Crippen molar-refractivity contribution in [3.05, 3.63) is 28.8 Å². The second-order valence-corrected chi connectivity index (χ2v) is 7.64. The van der Waals surface area contributed by atoms with Crippen LogP contribution in [0.2, 0.25) is 5.02 Å². The van der Waals surface area contributed by atoms with Gasteiger partial charge in [-0.05, 0) is 36.4 Å². The number of thioether (sulfide) groups is 1. The fourth-order valence-corrected chi connectivity index (χ4v) is 3.12. The van der Waals surface area contributed by atoms with Gasteiger partial charge in [0, 0.05) is 23.4 Å². The maximum Gasteiger partial charge on any atom is 0.240 e. The predicted octanol–water partition coefficient (Wildman–Crippen LogP) is 2.22. The molecule has 7 heteroatoms. The van der Waals surface area contributed by atoms with E-state index in [0.29, 0.717) is 22.4 Å². The van der Waals surface area contributed by atoms with Gasteiger partial charge in [0.25, 0.3) is 0 Å². The molecule has 1 unspecified atom stereocenters. The summed E-state index contributed by atoms with van der Waals surface area (Å²) in [5, 5.41) is 0.907. The number of nitrogens with two attached hydrogens (primary N) is 1. The molecule has 1 atom stereocenters. The molecule has 0 saturated heterocycles. The smallest absolute Gasteiger partial charge is 0.240 e. The monoisotopic (exact) mass is 322 g/mol. The molecule has 0 aliphatic carbocycles. The number of hydrogen-bond donors (Lipinski definition) is 2. The van der Waals surface area contributed by atoms with E-state index in [9.17, 15) is 8.42 Å². The minimum atomic E-state index is -3.49. The lowest BCUT2D eigenvalue weighted by Gasteiger charge is -2.11. The van der Waals surface area contributed by atoms with Crippen LogP contribution in [0.3, 0.4) is 0 Å². The van der Waals surface area contributed by atoms with E-state index in [1.165, 1.54) is 12.1 Å². The summed E-state index contributed by atoms with van der Waals surface area (Å²) >= 11 is 7.62. The Hall–Kier alpha value is -0.270. The van der Waals surface area contributed by atoms with Gasteiger partial charge in [-0.1, -0.05) is 18.5 Å². The molecule has 0 spiro atoms. The van der Waals surface area contributed by atoms with Gasteiger partial charge in [0.1, 0.15) is 0 Å². The average Bonchev–Trinajstić information content (AvgIpc) is 2.38. The molecule has 0 radical (unpaired) electrons. The topological polar surface area (TPSA) is 72.2 Å². The van der Waals surface area contributed by atoms with E-state index in [2.05, 4.69) is 11.6 Å². The first-order valence-electron chi connectivity index (χ1n) is 5.91. The molecule has 0 aliphatic heterocycles. The van der Waals surface area contributed by atoms with Crippen molar-refractivity contribution in [3.8, 4) is 0 Å². The first-order chi connectivity index (χ1) is 8.90. The Morgan fingerprint density at radius 1 is 1.47 bits per heavy atom. The number of halogens is 1. The van der Waals surface area contributed by atoms with Crippen molar-refractivity contribution in [1.82, 2.24) is 4.72 Å². The van der Waals surface area contributed by atoms with Gasteiger partial charge in [-0.2, -0.15) is 11.8 Å². The van der Waals surface area contributed by atoms with Gasteiger partial charge < -0.3 is 5.73 Å². The van der Waals surface area contributed by atoms with Crippen LogP contribution >= 0.6 is 23.4 Å². The van der Waals surface area contributed by atoms with E-state index < -0.39 is 10.0 Å². The normalized spacial score (nSPS) is 13.5. The lowest BCUT2D eigenvalue weighted by Crippen LogP contribution is -2.26. The fourth-order valence-electron chi connectivity index (χ4n) is 1.47. The number of hydrogen-bond acceptors (Lipinski definition) is 4. The Morgan fingerprint density at radius 3 is 2.74 bits per heavy atom. The standard InChI is InChI=1S/C12H19ClN2O2S2/c1-9(18-2)5-6-15-19(16,17)11-3-4-12(13)10(7-11)8-14/h3-4,7,9,15H,5-6,8,14H2,1-2H3. The van der Waals surface area contributed by atoms with E-state index in [4.69, 9.17) is 17.3 Å². The van der Waals surface area contributed by atoms with Crippen LogP contribution < -0.4 is 10.5 Å². The Bertz CT molecular complexity index is 520. The summed E-state index contributed by atoms with van der Waals surface area (Å²) in [5.41, 5.74) is 6.15. The van der Waals surface area contributed by atoms with E-state index >= 15 is 0 Å². The Morgan fingerprint density at radius 2 is 2.16 bits per heavy atom. The second kappa shape index (κ2) is 7.50. The quantitative estimate of drug-likeness (QED) is 0.807. The molecule has 0 aliphatic rings. The minimum Gasteiger partial charge on any atom is -0.326 e. The lowest BCUT2D eigenvalue weighted by atomic mass is 10.2. The van der Waals surface area contributed by atoms with Gasteiger partial charge in [0.2, 0.25) is 10.0 Å². The van der Waals surface area contributed by atoms with Gasteiger partial charge >= 0.3 is 0 Å². The number of benzene rings is 1. The third-order valence-electron chi connectivity index (χ3n) is 2.79. The van der Waals surface area contributed by atoms with Crippen LogP contribution in [0.1, 0.15) is 18.9 Å². The maximum atomic E-state index is 12.1. The summed E-state index contributed by atoms with van der Waals surface area (Å²) in [6.45, 7) is 2.70. The first kappa shape index (κ1) is 16.8. The number of nitrogens with one attached hydrogen (secondary N) is 1. The Balaban J connectivity index is 2.77. The SMILES string of the molecule is CSC(C)CCNS(=O)(=O)c1ccc(Cl)c(CN)c1. The third-order valence-corrected chi connectivity index (χ3v) is 5.66. The van der Waals surface area contributed by atoms with Gasteiger partial charge in [-0.3, -0.25) is 0 Å². The zero-order valence-corrected chi connectivity index (χ0v) is 13.4. The second-order valence-electron chi connectivity index (χ2n) is 4.19. The van der Waals surface area contributed by atoms with Crippen LogP contribution in [0, 0.1) is 0 Å². The highest BCUT2D eigenvalue weighted by Gasteiger charge is 2.15. The van der Waals surface area contributed by atoms with Crippen molar-refractivity contribution in [2.24, 2.45) is 5.73 Å². The molecular formula is C12H19ClN2O2S2. The van der Waals surface area contributed by atoms with Crippen LogP contribution in [0.15, 0.2) is 23.1 Å². The molecule has 19 heavy (non-hydrogen) atoms. The molecule has 0 amide bonds. The van der Waals surface area contributed by atoms with Gasteiger partial charge in [0.05, 0.1) is 4.90 Å². The zero-order chi connectivity index (χ0) is 14.5. The van der Waals surface area contributed by atoms with E-state index in [1.54, 1.807) is 17.8 Å². The van der Waals surface area contributed by atoms with E-state index in [1.807, 2.05) is 6.26 Å². The Kier molecular flexibility index (Phi) is 6.62. The number of sulfonamides is 1. The predicted molar refractivity (Wildman–Crippen MR) is 82.1 cm³/mol. The summed E-state index contributed by atoms with van der Waals surface area (Å²) in [4.78, 5) is 0.203. The highest BCUT2D eigenvalue weighted by molar-refractivity contribution is 7.99. The van der Waals surface area contributed by atoms with Gasteiger partial charge in [-0.15, -0.1) is 0 Å². The van der Waals surface area contributed by atoms with Crippen LogP contribution in [-0.4, -0.2) is 26.5 Å². The number of rotatable bonds is 7. The summed E-state index contributed by atoms with van der Waals surface area (Å²) in [6.07, 6.45) is 2.80. The summed E-state index contributed by atoms with van der Waals surface area (Å²) in [5.74, 6) is 0. The molecule has 3 N–H and O–H groups in total.